The van der Waals surface area contributed by atoms with Gasteiger partial charge in [-0.05, 0) is 19.1 Å². The molecule has 0 radical (unpaired) electrons. The van der Waals surface area contributed by atoms with E-state index >= 15 is 0 Å². The van der Waals surface area contributed by atoms with Gasteiger partial charge in [-0.25, -0.2) is 9.78 Å². The first-order valence-corrected chi connectivity index (χ1v) is 8.63. The van der Waals surface area contributed by atoms with Gasteiger partial charge in [-0.2, -0.15) is 0 Å². The maximum Gasteiger partial charge on any atom is 0.357 e. The number of hydrogen-bond acceptors (Lipinski definition) is 7. The van der Waals surface area contributed by atoms with Crippen LogP contribution >= 0.6 is 11.3 Å². The fourth-order valence-corrected chi connectivity index (χ4v) is 3.56. The Morgan fingerprint density at radius 1 is 1.23 bits per heavy atom. The van der Waals surface area contributed by atoms with Gasteiger partial charge in [0.2, 0.25) is 0 Å². The van der Waals surface area contributed by atoms with Gasteiger partial charge in [0.15, 0.2) is 5.69 Å². The highest BCUT2D eigenvalue weighted by atomic mass is 32.1. The highest BCUT2D eigenvalue weighted by Crippen LogP contribution is 2.34. The van der Waals surface area contributed by atoms with Crippen molar-refractivity contribution in [3.05, 3.63) is 51.5 Å². The molecule has 0 spiro atoms. The fourth-order valence-electron chi connectivity index (χ4n) is 2.68. The number of esters is 1. The van der Waals surface area contributed by atoms with Crippen LogP contribution in [0.3, 0.4) is 0 Å². The number of hydrogen-bond donors (Lipinski definition) is 1. The topological polar surface area (TPSA) is 114 Å². The van der Waals surface area contributed by atoms with Crippen molar-refractivity contribution in [1.82, 2.24) is 9.88 Å². The first kappa shape index (κ1) is 17.7. The van der Waals surface area contributed by atoms with Crippen molar-refractivity contribution in [2.24, 2.45) is 0 Å². The third-order valence-corrected chi connectivity index (χ3v) is 4.74. The molecular weight excluding hydrogens is 360 g/mol. The number of thiazole rings is 1. The molecule has 1 atom stereocenters. The monoisotopic (exact) mass is 374 g/mol. The standard InChI is InChI=1S/C17H14N2O6S/c1-2-25-17(24)11-8-26-14(18-11)12(7-13(20)21)19-15(22)9-5-3-4-6-10(9)16(19)23/h3-6,8,12H,2,7H2,1H3,(H,20,21). The minimum absolute atomic E-state index is 0.0128. The van der Waals surface area contributed by atoms with Crippen molar-refractivity contribution in [2.45, 2.75) is 19.4 Å². The fraction of sp³-hybridized carbons (Fsp3) is 0.235. The molecule has 8 nitrogen and oxygen atoms in total. The van der Waals surface area contributed by atoms with E-state index in [9.17, 15) is 24.3 Å². The van der Waals surface area contributed by atoms with Gasteiger partial charge in [-0.15, -0.1) is 11.3 Å². The summed E-state index contributed by atoms with van der Waals surface area (Å²) < 4.78 is 4.86. The molecule has 2 amide bonds. The van der Waals surface area contributed by atoms with Gasteiger partial charge >= 0.3 is 11.9 Å². The number of aromatic nitrogens is 1. The number of carboxylic acid groups (broad SMARTS) is 1. The molecule has 0 saturated carbocycles. The van der Waals surface area contributed by atoms with Crippen molar-refractivity contribution in [3.63, 3.8) is 0 Å². The molecule has 2 heterocycles. The van der Waals surface area contributed by atoms with E-state index in [2.05, 4.69) is 4.98 Å². The van der Waals surface area contributed by atoms with Crippen LogP contribution < -0.4 is 0 Å². The summed E-state index contributed by atoms with van der Waals surface area (Å²) in [7, 11) is 0. The Balaban J connectivity index is 1.98. The van der Waals surface area contributed by atoms with Gasteiger partial charge < -0.3 is 9.84 Å². The summed E-state index contributed by atoms with van der Waals surface area (Å²) in [5.41, 5.74) is 0.448. The maximum absolute atomic E-state index is 12.6. The second-order valence-corrected chi connectivity index (χ2v) is 6.32. The van der Waals surface area contributed by atoms with Crippen molar-refractivity contribution in [3.8, 4) is 0 Å². The van der Waals surface area contributed by atoms with E-state index < -0.39 is 36.2 Å². The Hall–Kier alpha value is -3.07. The Kier molecular flexibility index (Phi) is 4.81. The van der Waals surface area contributed by atoms with Crippen molar-refractivity contribution in [2.75, 3.05) is 6.61 Å². The minimum atomic E-state index is -1.19. The minimum Gasteiger partial charge on any atom is -0.481 e. The predicted molar refractivity (Wildman–Crippen MR) is 90.0 cm³/mol. The van der Waals surface area contributed by atoms with Crippen molar-refractivity contribution in [1.29, 1.82) is 0 Å². The highest BCUT2D eigenvalue weighted by Gasteiger charge is 2.42. The summed E-state index contributed by atoms with van der Waals surface area (Å²) >= 11 is 1.00. The normalized spacial score (nSPS) is 14.3. The van der Waals surface area contributed by atoms with E-state index in [-0.39, 0.29) is 28.4 Å². The molecule has 1 unspecified atom stereocenters. The zero-order valence-electron chi connectivity index (χ0n) is 13.7. The van der Waals surface area contributed by atoms with E-state index in [1.54, 1.807) is 19.1 Å². The van der Waals surface area contributed by atoms with Crippen molar-refractivity contribution >= 4 is 35.1 Å². The molecule has 1 aromatic carbocycles. The molecule has 1 aliphatic rings. The predicted octanol–water partition coefficient (Wildman–Crippen LogP) is 2.13. The number of imide groups is 1. The first-order chi connectivity index (χ1) is 12.4. The number of carboxylic acids is 1. The number of carbonyl (C=O) groups excluding carboxylic acids is 3. The average molecular weight is 374 g/mol. The lowest BCUT2D eigenvalue weighted by Gasteiger charge is -2.22. The third kappa shape index (κ3) is 3.08. The summed E-state index contributed by atoms with van der Waals surface area (Å²) in [5.74, 6) is -3.00. The Labute approximate surface area is 152 Å². The Morgan fingerprint density at radius 2 is 1.85 bits per heavy atom. The lowest BCUT2D eigenvalue weighted by Crippen LogP contribution is -2.35. The molecule has 1 N–H and O–H groups in total. The molecule has 0 saturated heterocycles. The molecule has 26 heavy (non-hydrogen) atoms. The number of benzene rings is 1. The summed E-state index contributed by atoms with van der Waals surface area (Å²) in [6.07, 6.45) is -0.513. The van der Waals surface area contributed by atoms with E-state index in [0.717, 1.165) is 16.2 Å². The van der Waals surface area contributed by atoms with Crippen LogP contribution in [0.2, 0.25) is 0 Å². The molecular formula is C17H14N2O6S. The van der Waals surface area contributed by atoms with Gasteiger partial charge in [-0.3, -0.25) is 19.3 Å². The van der Waals surface area contributed by atoms with Crippen LogP contribution in [0.5, 0.6) is 0 Å². The smallest absolute Gasteiger partial charge is 0.357 e. The SMILES string of the molecule is CCOC(=O)c1csc(C(CC(=O)O)N2C(=O)c3ccccc3C2=O)n1. The molecule has 3 rings (SSSR count). The average Bonchev–Trinajstić information content (AvgIpc) is 3.19. The van der Waals surface area contributed by atoms with Crippen LogP contribution in [0.4, 0.5) is 0 Å². The second-order valence-electron chi connectivity index (χ2n) is 5.43. The molecule has 0 fully saturated rings. The maximum atomic E-state index is 12.6. The number of fused-ring (bicyclic) bond motifs is 1. The summed E-state index contributed by atoms with van der Waals surface area (Å²) in [6.45, 7) is 1.82. The lowest BCUT2D eigenvalue weighted by molar-refractivity contribution is -0.138. The molecule has 1 aromatic heterocycles. The third-order valence-electron chi connectivity index (χ3n) is 3.80. The summed E-state index contributed by atoms with van der Waals surface area (Å²) in [4.78, 5) is 53.4. The van der Waals surface area contributed by atoms with Gasteiger partial charge in [0.25, 0.3) is 11.8 Å². The van der Waals surface area contributed by atoms with Crippen molar-refractivity contribution < 1.29 is 29.0 Å². The van der Waals surface area contributed by atoms with Crippen LogP contribution in [0.1, 0.15) is 55.6 Å². The van der Waals surface area contributed by atoms with Crippen LogP contribution in [0, 0.1) is 0 Å². The van der Waals surface area contributed by atoms with Gasteiger partial charge in [0, 0.05) is 5.38 Å². The number of nitrogens with zero attached hydrogens (tertiary/aromatic N) is 2. The molecule has 1 aliphatic heterocycles. The Bertz CT molecular complexity index is 871. The molecule has 134 valence electrons. The van der Waals surface area contributed by atoms with Gasteiger partial charge in [0.05, 0.1) is 24.2 Å². The highest BCUT2D eigenvalue weighted by molar-refractivity contribution is 7.10. The number of rotatable bonds is 6. The number of aliphatic carboxylic acids is 1. The molecule has 9 heteroatoms. The molecule has 0 aliphatic carbocycles. The molecule has 0 bridgehead atoms. The van der Waals surface area contributed by atoms with E-state index in [4.69, 9.17) is 4.74 Å². The number of ether oxygens (including phenoxy) is 1. The number of amides is 2. The second kappa shape index (κ2) is 7.04. The van der Waals surface area contributed by atoms with E-state index in [1.165, 1.54) is 17.5 Å². The van der Waals surface area contributed by atoms with Crippen LogP contribution in [-0.2, 0) is 9.53 Å². The first-order valence-electron chi connectivity index (χ1n) is 7.75. The quantitative estimate of drug-likeness (QED) is 0.608. The summed E-state index contributed by atoms with van der Waals surface area (Å²) in [5, 5.41) is 10.8. The molecule has 2 aromatic rings. The largest absolute Gasteiger partial charge is 0.481 e. The zero-order valence-corrected chi connectivity index (χ0v) is 14.5. The van der Waals surface area contributed by atoms with Crippen LogP contribution in [-0.4, -0.2) is 45.4 Å². The van der Waals surface area contributed by atoms with Crippen LogP contribution in [0.15, 0.2) is 29.6 Å². The Morgan fingerprint density at radius 3 is 2.38 bits per heavy atom. The van der Waals surface area contributed by atoms with Crippen LogP contribution in [0.25, 0.3) is 0 Å². The lowest BCUT2D eigenvalue weighted by atomic mass is 10.1. The number of carbonyl (C=O) groups is 4. The van der Waals surface area contributed by atoms with E-state index in [0.29, 0.717) is 0 Å². The summed E-state index contributed by atoms with van der Waals surface area (Å²) in [6, 6.07) is 5.18. The van der Waals surface area contributed by atoms with Gasteiger partial charge in [0.1, 0.15) is 11.0 Å². The zero-order chi connectivity index (χ0) is 18.8. The van der Waals surface area contributed by atoms with Gasteiger partial charge in [-0.1, -0.05) is 12.1 Å². The van der Waals surface area contributed by atoms with E-state index in [1.807, 2.05) is 0 Å².